The van der Waals surface area contributed by atoms with Crippen molar-refractivity contribution in [1.29, 1.82) is 0 Å². The molecule has 9 heteroatoms. The summed E-state index contributed by atoms with van der Waals surface area (Å²) in [5, 5.41) is 6.25. The molecule has 3 heterocycles. The molecule has 0 aliphatic heterocycles. The van der Waals surface area contributed by atoms with Gasteiger partial charge in [0.1, 0.15) is 0 Å². The highest BCUT2D eigenvalue weighted by Gasteiger charge is 2.24. The Morgan fingerprint density at radius 1 is 1.21 bits per heavy atom. The van der Waals surface area contributed by atoms with E-state index in [0.29, 0.717) is 22.1 Å². The Morgan fingerprint density at radius 3 is 2.69 bits per heavy atom. The second-order valence-electron chi connectivity index (χ2n) is 6.28. The molecule has 8 nitrogen and oxygen atoms in total. The van der Waals surface area contributed by atoms with Gasteiger partial charge in [0, 0.05) is 16.6 Å². The maximum atomic E-state index is 12.5. The number of para-hydroxylation sites is 1. The Labute approximate surface area is 170 Å². The molecular weight excluding hydrogens is 392 g/mol. The highest BCUT2D eigenvalue weighted by atomic mass is 32.1. The molecule has 0 aliphatic carbocycles. The Morgan fingerprint density at radius 2 is 1.97 bits per heavy atom. The minimum absolute atomic E-state index is 0.132. The fourth-order valence-corrected chi connectivity index (χ4v) is 3.79. The molecule has 148 valence electrons. The molecule has 0 atom stereocenters. The van der Waals surface area contributed by atoms with Gasteiger partial charge in [-0.15, -0.1) is 11.3 Å². The van der Waals surface area contributed by atoms with Crippen molar-refractivity contribution in [3.63, 3.8) is 0 Å². The summed E-state index contributed by atoms with van der Waals surface area (Å²) >= 11 is 1.35. The van der Waals surface area contributed by atoms with E-state index in [2.05, 4.69) is 10.1 Å². The van der Waals surface area contributed by atoms with Gasteiger partial charge in [-0.05, 0) is 32.9 Å². The number of aromatic nitrogens is 4. The summed E-state index contributed by atoms with van der Waals surface area (Å²) in [6.07, 6.45) is 0. The Kier molecular flexibility index (Phi) is 4.89. The molecule has 0 amide bonds. The zero-order valence-electron chi connectivity index (χ0n) is 16.1. The van der Waals surface area contributed by atoms with Crippen LogP contribution in [-0.4, -0.2) is 31.7 Å². The summed E-state index contributed by atoms with van der Waals surface area (Å²) < 4.78 is 14.1. The zero-order valence-corrected chi connectivity index (χ0v) is 16.9. The van der Waals surface area contributed by atoms with Crippen molar-refractivity contribution in [2.24, 2.45) is 0 Å². The molecule has 3 aromatic heterocycles. The van der Waals surface area contributed by atoms with Crippen LogP contribution in [0.15, 0.2) is 46.6 Å². The van der Waals surface area contributed by atoms with Crippen molar-refractivity contribution in [2.45, 2.75) is 20.8 Å². The van der Waals surface area contributed by atoms with Gasteiger partial charge in [0.05, 0.1) is 18.4 Å². The van der Waals surface area contributed by atoms with Gasteiger partial charge in [-0.3, -0.25) is 9.20 Å². The number of carbonyl (C=O) groups is 1. The first-order chi connectivity index (χ1) is 14.0. The lowest BCUT2D eigenvalue weighted by atomic mass is 10.2. The quantitative estimate of drug-likeness (QED) is 0.468. The van der Waals surface area contributed by atoms with Crippen molar-refractivity contribution in [3.8, 4) is 17.4 Å². The molecule has 0 bridgehead atoms. The zero-order chi connectivity index (χ0) is 20.5. The van der Waals surface area contributed by atoms with Crippen LogP contribution in [0.4, 0.5) is 0 Å². The van der Waals surface area contributed by atoms with Crippen LogP contribution in [0.25, 0.3) is 10.6 Å². The monoisotopic (exact) mass is 410 g/mol. The summed E-state index contributed by atoms with van der Waals surface area (Å²) in [5.74, 6) is -0.113. The van der Waals surface area contributed by atoms with Gasteiger partial charge in [-0.2, -0.15) is 14.8 Å². The van der Waals surface area contributed by atoms with E-state index < -0.39 is 5.97 Å². The standard InChI is InChI=1S/C20H18N4O4S/c1-4-27-19(26)17-13(3)18(24(22-17)14-8-6-5-7-9-14)28-15-10-16(25)23-12(2)11-29-20(23)21-15/h5-11H,4H2,1-3H3. The van der Waals surface area contributed by atoms with Crippen molar-refractivity contribution in [2.75, 3.05) is 6.61 Å². The summed E-state index contributed by atoms with van der Waals surface area (Å²) in [6, 6.07) is 10.6. The molecule has 0 spiro atoms. The second kappa shape index (κ2) is 7.51. The van der Waals surface area contributed by atoms with E-state index in [1.165, 1.54) is 26.5 Å². The molecule has 4 aromatic rings. The fourth-order valence-electron chi connectivity index (χ4n) is 2.92. The van der Waals surface area contributed by atoms with E-state index in [1.54, 1.807) is 13.8 Å². The summed E-state index contributed by atoms with van der Waals surface area (Å²) in [4.78, 5) is 29.7. The van der Waals surface area contributed by atoms with Crippen LogP contribution < -0.4 is 10.3 Å². The largest absolute Gasteiger partial charge is 0.461 e. The summed E-state index contributed by atoms with van der Waals surface area (Å²) in [7, 11) is 0. The highest BCUT2D eigenvalue weighted by molar-refractivity contribution is 7.15. The van der Waals surface area contributed by atoms with Crippen molar-refractivity contribution in [1.82, 2.24) is 19.2 Å². The molecule has 0 aliphatic rings. The topological polar surface area (TPSA) is 87.7 Å². The van der Waals surface area contributed by atoms with Crippen molar-refractivity contribution in [3.05, 3.63) is 69.1 Å². The summed E-state index contributed by atoms with van der Waals surface area (Å²) in [6.45, 7) is 5.52. The normalized spacial score (nSPS) is 11.0. The van der Waals surface area contributed by atoms with Crippen molar-refractivity contribution >= 4 is 22.3 Å². The minimum Gasteiger partial charge on any atom is -0.461 e. The van der Waals surface area contributed by atoms with Gasteiger partial charge >= 0.3 is 5.97 Å². The first kappa shape index (κ1) is 18.9. The second-order valence-corrected chi connectivity index (χ2v) is 7.11. The molecule has 0 saturated carbocycles. The number of ether oxygens (including phenoxy) is 2. The molecule has 29 heavy (non-hydrogen) atoms. The number of hydrogen-bond donors (Lipinski definition) is 0. The number of esters is 1. The lowest BCUT2D eigenvalue weighted by molar-refractivity contribution is 0.0518. The van der Waals surface area contributed by atoms with E-state index in [1.807, 2.05) is 42.6 Å². The fraction of sp³-hybridized carbons (Fsp3) is 0.200. The number of nitrogens with zero attached hydrogens (tertiary/aromatic N) is 4. The van der Waals surface area contributed by atoms with Gasteiger partial charge in [-0.1, -0.05) is 18.2 Å². The summed E-state index contributed by atoms with van der Waals surface area (Å²) in [5.41, 5.74) is 1.92. The van der Waals surface area contributed by atoms with Crippen LogP contribution in [0.1, 0.15) is 28.7 Å². The number of rotatable bonds is 5. The number of carbonyl (C=O) groups excluding carboxylic acids is 1. The van der Waals surface area contributed by atoms with Gasteiger partial charge < -0.3 is 9.47 Å². The number of aryl methyl sites for hydroxylation is 1. The molecule has 0 N–H and O–H groups in total. The van der Waals surface area contributed by atoms with Crippen LogP contribution in [-0.2, 0) is 4.74 Å². The van der Waals surface area contributed by atoms with E-state index in [0.717, 1.165) is 5.69 Å². The van der Waals surface area contributed by atoms with Gasteiger partial charge in [0.2, 0.25) is 11.8 Å². The first-order valence-corrected chi connectivity index (χ1v) is 9.85. The smallest absolute Gasteiger partial charge is 0.359 e. The number of thiazole rings is 1. The first-order valence-electron chi connectivity index (χ1n) is 8.97. The maximum Gasteiger partial charge on any atom is 0.359 e. The predicted octanol–water partition coefficient (Wildman–Crippen LogP) is 3.53. The Bertz CT molecular complexity index is 1260. The molecule has 1 aromatic carbocycles. The van der Waals surface area contributed by atoms with E-state index in [-0.39, 0.29) is 23.7 Å². The third-order valence-corrected chi connectivity index (χ3v) is 5.23. The van der Waals surface area contributed by atoms with Crippen LogP contribution in [0.3, 0.4) is 0 Å². The van der Waals surface area contributed by atoms with Gasteiger partial charge in [0.15, 0.2) is 10.7 Å². The third-order valence-electron chi connectivity index (χ3n) is 4.29. The van der Waals surface area contributed by atoms with Crippen LogP contribution in [0.2, 0.25) is 0 Å². The van der Waals surface area contributed by atoms with Gasteiger partial charge in [-0.25, -0.2) is 4.79 Å². The molecule has 0 fully saturated rings. The van der Waals surface area contributed by atoms with Crippen LogP contribution in [0.5, 0.6) is 11.8 Å². The molecule has 0 unspecified atom stereocenters. The number of fused-ring (bicyclic) bond motifs is 1. The van der Waals surface area contributed by atoms with Crippen molar-refractivity contribution < 1.29 is 14.3 Å². The Balaban J connectivity index is 1.84. The maximum absolute atomic E-state index is 12.5. The highest BCUT2D eigenvalue weighted by Crippen LogP contribution is 2.30. The number of hydrogen-bond acceptors (Lipinski definition) is 7. The minimum atomic E-state index is -0.540. The predicted molar refractivity (Wildman–Crippen MR) is 108 cm³/mol. The van der Waals surface area contributed by atoms with E-state index in [9.17, 15) is 9.59 Å². The van der Waals surface area contributed by atoms with Gasteiger partial charge in [0.25, 0.3) is 5.56 Å². The Hall–Kier alpha value is -3.46. The average Bonchev–Trinajstić information content (AvgIpc) is 3.24. The molecule has 0 radical (unpaired) electrons. The molecule has 4 rings (SSSR count). The van der Waals surface area contributed by atoms with Crippen LogP contribution >= 0.6 is 11.3 Å². The lowest BCUT2D eigenvalue weighted by Gasteiger charge is -2.09. The lowest BCUT2D eigenvalue weighted by Crippen LogP contribution is -2.14. The average molecular weight is 410 g/mol. The van der Waals surface area contributed by atoms with E-state index in [4.69, 9.17) is 9.47 Å². The number of benzene rings is 1. The SMILES string of the molecule is CCOC(=O)c1nn(-c2ccccc2)c(Oc2cc(=O)n3c(C)csc3n2)c1C. The molecule has 0 saturated heterocycles. The third kappa shape index (κ3) is 3.40. The van der Waals surface area contributed by atoms with Crippen LogP contribution in [0, 0.1) is 13.8 Å². The van der Waals surface area contributed by atoms with E-state index >= 15 is 0 Å². The molecular formula is C20H18N4O4S.